The van der Waals surface area contributed by atoms with Gasteiger partial charge in [-0.15, -0.1) is 0 Å². The van der Waals surface area contributed by atoms with Gasteiger partial charge in [-0.2, -0.15) is 0 Å². The fraction of sp³-hybridized carbons (Fsp3) is 0.0909. The second-order valence-corrected chi connectivity index (χ2v) is 16.4. The molecule has 3 aliphatic rings. The molecule has 54 heavy (non-hydrogen) atoms. The van der Waals surface area contributed by atoms with Crippen molar-refractivity contribution >= 4 is 42.0 Å². The van der Waals surface area contributed by atoms with Crippen molar-refractivity contribution in [1.82, 2.24) is 4.90 Å². The molecule has 2 atom stereocenters. The number of fused-ring (bicyclic) bond motifs is 5. The molecule has 3 aliphatic heterocycles. The summed E-state index contributed by atoms with van der Waals surface area (Å²) in [6.45, 7) is 3.92. The Labute approximate surface area is 310 Å². The maximum atomic E-state index is 15.8. The summed E-state index contributed by atoms with van der Waals surface area (Å²) in [5, 5.41) is -0.566. The van der Waals surface area contributed by atoms with Gasteiger partial charge in [0.2, 0.25) is 0 Å². The minimum absolute atomic E-state index is 0.161. The first kappa shape index (κ1) is 33.3. The summed E-state index contributed by atoms with van der Waals surface area (Å²) in [5.74, 6) is -0.707. The van der Waals surface area contributed by atoms with Crippen LogP contribution in [0, 0.1) is 6.92 Å². The SMILES string of the molecule is Cc1ccc(C(C)(c2ccc(N3C(=O)c4ccc(Oc5ccc6c(c5)C(=O)N(C)C6=O)cc4C3=O)cc2)P2(=O)Oc3ccccc3-c3ccccc32)cc1. The number of amides is 4. The number of hydrogen-bond acceptors (Lipinski definition) is 7. The number of hydrogen-bond donors (Lipinski definition) is 0. The van der Waals surface area contributed by atoms with Crippen LogP contribution in [0.1, 0.15) is 65.0 Å². The van der Waals surface area contributed by atoms with E-state index in [2.05, 4.69) is 0 Å². The molecule has 0 radical (unpaired) electrons. The Morgan fingerprint density at radius 2 is 1.09 bits per heavy atom. The van der Waals surface area contributed by atoms with E-state index in [1.54, 1.807) is 36.4 Å². The molecule has 0 saturated carbocycles. The fourth-order valence-electron chi connectivity index (χ4n) is 7.62. The molecule has 10 heteroatoms. The van der Waals surface area contributed by atoms with Crippen LogP contribution < -0.4 is 19.5 Å². The number of para-hydroxylation sites is 1. The van der Waals surface area contributed by atoms with E-state index in [-0.39, 0.29) is 28.3 Å². The van der Waals surface area contributed by atoms with Crippen LogP contribution in [0.5, 0.6) is 17.2 Å². The normalized spacial score (nSPS) is 18.1. The van der Waals surface area contributed by atoms with E-state index >= 15 is 4.57 Å². The molecule has 264 valence electrons. The minimum atomic E-state index is -3.78. The Balaban J connectivity index is 1.06. The lowest BCUT2D eigenvalue weighted by atomic mass is 9.91. The predicted molar refractivity (Wildman–Crippen MR) is 204 cm³/mol. The van der Waals surface area contributed by atoms with Gasteiger partial charge in [-0.1, -0.05) is 78.4 Å². The molecule has 0 aromatic heterocycles. The average molecular weight is 731 g/mol. The number of rotatable bonds is 6. The molecular formula is C44H31N2O7P. The first-order valence-corrected chi connectivity index (χ1v) is 19.0. The Hall–Kier alpha value is -6.57. The Morgan fingerprint density at radius 1 is 0.574 bits per heavy atom. The van der Waals surface area contributed by atoms with Crippen LogP contribution in [0.3, 0.4) is 0 Å². The molecule has 0 aliphatic carbocycles. The van der Waals surface area contributed by atoms with Gasteiger partial charge in [0.05, 0.1) is 33.2 Å². The largest absolute Gasteiger partial charge is 0.457 e. The zero-order valence-electron chi connectivity index (χ0n) is 29.4. The maximum Gasteiger partial charge on any atom is 0.292 e. The van der Waals surface area contributed by atoms with Gasteiger partial charge in [-0.25, -0.2) is 4.90 Å². The Morgan fingerprint density at radius 3 is 1.76 bits per heavy atom. The number of ether oxygens (including phenoxy) is 1. The smallest absolute Gasteiger partial charge is 0.292 e. The summed E-state index contributed by atoms with van der Waals surface area (Å²) in [5.41, 5.74) is 5.48. The zero-order valence-corrected chi connectivity index (χ0v) is 30.3. The number of carbonyl (C=O) groups is 4. The third-order valence-electron chi connectivity index (χ3n) is 10.7. The third-order valence-corrected chi connectivity index (χ3v) is 13.8. The van der Waals surface area contributed by atoms with Gasteiger partial charge < -0.3 is 9.26 Å². The van der Waals surface area contributed by atoms with E-state index in [0.717, 1.165) is 32.1 Å². The van der Waals surface area contributed by atoms with E-state index < -0.39 is 30.2 Å². The van der Waals surface area contributed by atoms with Crippen molar-refractivity contribution < 1.29 is 33.0 Å². The molecule has 0 saturated heterocycles. The van der Waals surface area contributed by atoms with Crippen LogP contribution in [-0.2, 0) is 9.72 Å². The molecule has 6 aromatic rings. The van der Waals surface area contributed by atoms with Gasteiger partial charge in [-0.3, -0.25) is 28.6 Å². The lowest BCUT2D eigenvalue weighted by molar-refractivity contribution is 0.0692. The topological polar surface area (TPSA) is 110 Å². The van der Waals surface area contributed by atoms with Crippen molar-refractivity contribution in [3.63, 3.8) is 0 Å². The number of carbonyl (C=O) groups excluding carboxylic acids is 4. The second kappa shape index (κ2) is 12.0. The van der Waals surface area contributed by atoms with Crippen molar-refractivity contribution in [1.29, 1.82) is 0 Å². The highest BCUT2D eigenvalue weighted by atomic mass is 31.2. The summed E-state index contributed by atoms with van der Waals surface area (Å²) < 4.78 is 28.4. The minimum Gasteiger partial charge on any atom is -0.457 e. The highest BCUT2D eigenvalue weighted by molar-refractivity contribution is 7.69. The van der Waals surface area contributed by atoms with E-state index in [1.807, 2.05) is 86.6 Å². The van der Waals surface area contributed by atoms with Crippen LogP contribution in [0.2, 0.25) is 0 Å². The quantitative estimate of drug-likeness (QED) is 0.125. The van der Waals surface area contributed by atoms with Crippen LogP contribution >= 0.6 is 7.37 Å². The molecule has 2 unspecified atom stereocenters. The second-order valence-electron chi connectivity index (χ2n) is 13.8. The number of nitrogens with zero attached hydrogens (tertiary/aromatic N) is 2. The molecule has 0 fully saturated rings. The van der Waals surface area contributed by atoms with Crippen molar-refractivity contribution in [2.24, 2.45) is 0 Å². The van der Waals surface area contributed by atoms with E-state index in [0.29, 0.717) is 33.6 Å². The van der Waals surface area contributed by atoms with E-state index in [4.69, 9.17) is 9.26 Å². The summed E-state index contributed by atoms with van der Waals surface area (Å²) >= 11 is 0. The zero-order chi connectivity index (χ0) is 37.5. The Kier molecular flexibility index (Phi) is 7.38. The van der Waals surface area contributed by atoms with Gasteiger partial charge in [-0.05, 0) is 91.2 Å². The van der Waals surface area contributed by atoms with Gasteiger partial charge in [0.1, 0.15) is 22.4 Å². The van der Waals surface area contributed by atoms with Crippen LogP contribution in [-0.4, -0.2) is 35.6 Å². The molecule has 0 bridgehead atoms. The highest BCUT2D eigenvalue weighted by Gasteiger charge is 2.54. The van der Waals surface area contributed by atoms with Crippen LogP contribution in [0.25, 0.3) is 11.1 Å². The molecule has 9 rings (SSSR count). The van der Waals surface area contributed by atoms with Gasteiger partial charge in [0, 0.05) is 12.6 Å². The maximum absolute atomic E-state index is 15.8. The van der Waals surface area contributed by atoms with Gasteiger partial charge in [0.15, 0.2) is 0 Å². The number of aryl methyl sites for hydroxylation is 1. The monoisotopic (exact) mass is 730 g/mol. The van der Waals surface area contributed by atoms with Crippen molar-refractivity contribution in [2.75, 3.05) is 11.9 Å². The van der Waals surface area contributed by atoms with Gasteiger partial charge in [0.25, 0.3) is 31.0 Å². The van der Waals surface area contributed by atoms with E-state index in [1.165, 1.54) is 31.3 Å². The summed E-state index contributed by atoms with van der Waals surface area (Å²) in [6.07, 6.45) is 0. The van der Waals surface area contributed by atoms with Crippen LogP contribution in [0.15, 0.2) is 133 Å². The molecule has 9 nitrogen and oxygen atoms in total. The lowest BCUT2D eigenvalue weighted by Gasteiger charge is -2.41. The first-order valence-electron chi connectivity index (χ1n) is 17.3. The summed E-state index contributed by atoms with van der Waals surface area (Å²) in [4.78, 5) is 54.6. The fourth-order valence-corrected chi connectivity index (χ4v) is 10.6. The standard InChI is InChI=1S/C44H31N2O7P/c1-26-12-14-27(15-13-26)44(2,54(51)39-11-7-5-9-33(39)32-8-4-6-10-38(32)53-54)28-16-18-29(19-17-28)46-42(49)35-23-21-31(25-37(35)43(46)50)52-30-20-22-34-36(24-30)41(48)45(3)40(34)47/h4-25H,1-3H3. The third kappa shape index (κ3) is 4.75. The first-order chi connectivity index (χ1) is 26.0. The van der Waals surface area contributed by atoms with Crippen molar-refractivity contribution in [3.8, 4) is 28.4 Å². The van der Waals surface area contributed by atoms with Gasteiger partial charge >= 0.3 is 0 Å². The highest BCUT2D eigenvalue weighted by Crippen LogP contribution is 2.69. The molecule has 6 aromatic carbocycles. The predicted octanol–water partition coefficient (Wildman–Crippen LogP) is 8.74. The Bertz CT molecular complexity index is 2670. The lowest BCUT2D eigenvalue weighted by Crippen LogP contribution is -2.34. The molecular weight excluding hydrogens is 699 g/mol. The molecule has 0 spiro atoms. The average Bonchev–Trinajstić information content (AvgIpc) is 3.56. The van der Waals surface area contributed by atoms with E-state index in [9.17, 15) is 19.2 Å². The van der Waals surface area contributed by atoms with Crippen molar-refractivity contribution in [3.05, 3.63) is 172 Å². The number of anilines is 1. The van der Waals surface area contributed by atoms with Crippen LogP contribution in [0.4, 0.5) is 5.69 Å². The number of imide groups is 2. The number of benzene rings is 6. The molecule has 3 heterocycles. The van der Waals surface area contributed by atoms with Crippen molar-refractivity contribution in [2.45, 2.75) is 19.0 Å². The molecule has 4 amide bonds. The molecule has 0 N–H and O–H groups in total. The summed E-state index contributed by atoms with van der Waals surface area (Å²) in [7, 11) is -2.36. The summed E-state index contributed by atoms with van der Waals surface area (Å²) in [6, 6.07) is 39.3.